The molecule has 1 saturated carbocycles. The van der Waals surface area contributed by atoms with Crippen LogP contribution in [0.1, 0.15) is 63.1 Å². The van der Waals surface area contributed by atoms with Crippen molar-refractivity contribution in [3.8, 4) is 0 Å². The van der Waals surface area contributed by atoms with E-state index in [1.54, 1.807) is 0 Å². The Balaban J connectivity index is 1.35. The van der Waals surface area contributed by atoms with E-state index in [0.717, 1.165) is 51.6 Å². The summed E-state index contributed by atoms with van der Waals surface area (Å²) in [6.45, 7) is 6.03. The zero-order chi connectivity index (χ0) is 18.3. The number of piperidine rings is 1. The minimum Gasteiger partial charge on any atom is -0.339 e. The maximum absolute atomic E-state index is 12.9. The molecule has 1 N–H and O–H groups in total. The maximum atomic E-state index is 12.9. The monoisotopic (exact) mass is 361 g/mol. The Morgan fingerprint density at radius 1 is 1.19 bits per heavy atom. The van der Waals surface area contributed by atoms with Crippen molar-refractivity contribution in [3.63, 3.8) is 0 Å². The van der Waals surface area contributed by atoms with Crippen LogP contribution in [0.25, 0.3) is 0 Å². The lowest BCUT2D eigenvalue weighted by Gasteiger charge is -2.35. The third-order valence-electron chi connectivity index (χ3n) is 6.20. The lowest BCUT2D eigenvalue weighted by atomic mass is 9.77. The van der Waals surface area contributed by atoms with Gasteiger partial charge < -0.3 is 9.84 Å². The van der Waals surface area contributed by atoms with Gasteiger partial charge in [-0.3, -0.25) is 9.69 Å². The van der Waals surface area contributed by atoms with Gasteiger partial charge in [0.15, 0.2) is 5.82 Å². The number of carbonyl (C=O) groups excluding carboxylic acids is 2. The average Bonchev–Trinajstić information content (AvgIpc) is 3.16. The first kappa shape index (κ1) is 17.5. The first-order valence-corrected chi connectivity index (χ1v) is 9.63. The van der Waals surface area contributed by atoms with Crippen LogP contribution in [0, 0.1) is 12.8 Å². The molecule has 1 aliphatic carbocycles. The Labute approximate surface area is 153 Å². The average molecular weight is 361 g/mol. The van der Waals surface area contributed by atoms with E-state index in [9.17, 15) is 9.59 Å². The summed E-state index contributed by atoms with van der Waals surface area (Å²) in [6, 6.07) is -0.237. The number of amides is 3. The van der Waals surface area contributed by atoms with Gasteiger partial charge in [-0.15, -0.1) is 0 Å². The molecule has 3 amide bonds. The Morgan fingerprint density at radius 2 is 1.88 bits per heavy atom. The molecular weight excluding hydrogens is 334 g/mol. The molecule has 2 aliphatic heterocycles. The number of aryl methyl sites for hydroxylation is 1. The number of nitrogens with zero attached hydrogens (tertiary/aromatic N) is 4. The van der Waals surface area contributed by atoms with Crippen LogP contribution < -0.4 is 5.32 Å². The van der Waals surface area contributed by atoms with Crippen molar-refractivity contribution < 1.29 is 14.1 Å². The van der Waals surface area contributed by atoms with E-state index in [0.29, 0.717) is 24.3 Å². The van der Waals surface area contributed by atoms with Gasteiger partial charge in [-0.2, -0.15) is 4.98 Å². The first-order chi connectivity index (χ1) is 12.5. The number of urea groups is 1. The van der Waals surface area contributed by atoms with E-state index in [4.69, 9.17) is 4.52 Å². The molecule has 1 aromatic rings. The van der Waals surface area contributed by atoms with Gasteiger partial charge in [-0.25, -0.2) is 9.69 Å². The molecule has 0 atom stereocenters. The smallest absolute Gasteiger partial charge is 0.326 e. The second kappa shape index (κ2) is 6.64. The van der Waals surface area contributed by atoms with Crippen molar-refractivity contribution in [3.05, 3.63) is 11.7 Å². The number of rotatable bonds is 3. The van der Waals surface area contributed by atoms with Crippen molar-refractivity contribution >= 4 is 11.9 Å². The molecule has 3 fully saturated rings. The highest BCUT2D eigenvalue weighted by Gasteiger charge is 2.52. The fraction of sp³-hybridized carbons (Fsp3) is 0.778. The van der Waals surface area contributed by atoms with E-state index in [1.807, 2.05) is 6.92 Å². The van der Waals surface area contributed by atoms with Gasteiger partial charge in [0.1, 0.15) is 5.54 Å². The number of likely N-dealkylation sites (tertiary alicyclic amines) is 1. The summed E-state index contributed by atoms with van der Waals surface area (Å²) in [4.78, 5) is 33.3. The fourth-order valence-corrected chi connectivity index (χ4v) is 4.40. The highest BCUT2D eigenvalue weighted by molar-refractivity contribution is 6.07. The van der Waals surface area contributed by atoms with E-state index < -0.39 is 5.54 Å². The standard InChI is InChI=1S/C18H27N5O3/c1-12-3-7-18(8-4-12)16(24)23(17(25)20-18)11-22-9-5-14(6-10-22)15-19-13(2)21-26-15/h12,14H,3-11H2,1-2H3,(H,20,25). The molecule has 26 heavy (non-hydrogen) atoms. The number of imide groups is 1. The van der Waals surface area contributed by atoms with Crippen molar-refractivity contribution in [2.45, 2.75) is 63.8 Å². The molecule has 142 valence electrons. The Hall–Kier alpha value is -1.96. The van der Waals surface area contributed by atoms with E-state index in [1.165, 1.54) is 4.90 Å². The van der Waals surface area contributed by atoms with Crippen LogP contribution in [0.2, 0.25) is 0 Å². The normalized spacial score (nSPS) is 31.0. The van der Waals surface area contributed by atoms with Gasteiger partial charge in [-0.05, 0) is 51.4 Å². The van der Waals surface area contributed by atoms with Gasteiger partial charge in [0.25, 0.3) is 5.91 Å². The zero-order valence-electron chi connectivity index (χ0n) is 15.5. The second-order valence-corrected chi connectivity index (χ2v) is 8.14. The Morgan fingerprint density at radius 3 is 2.50 bits per heavy atom. The third kappa shape index (κ3) is 3.11. The van der Waals surface area contributed by atoms with Crippen LogP contribution in [-0.2, 0) is 4.79 Å². The van der Waals surface area contributed by atoms with Gasteiger partial charge in [0, 0.05) is 19.0 Å². The van der Waals surface area contributed by atoms with Crippen molar-refractivity contribution in [2.75, 3.05) is 19.8 Å². The minimum absolute atomic E-state index is 0.0379. The van der Waals surface area contributed by atoms with Gasteiger partial charge >= 0.3 is 6.03 Å². The predicted octanol–water partition coefficient (Wildman–Crippen LogP) is 2.02. The van der Waals surface area contributed by atoms with Crippen LogP contribution in [0.4, 0.5) is 4.79 Å². The summed E-state index contributed by atoms with van der Waals surface area (Å²) in [5, 5.41) is 6.86. The molecule has 3 heterocycles. The summed E-state index contributed by atoms with van der Waals surface area (Å²) in [7, 11) is 0. The summed E-state index contributed by atoms with van der Waals surface area (Å²) in [5.41, 5.74) is -0.650. The van der Waals surface area contributed by atoms with Gasteiger partial charge in [0.05, 0.1) is 6.67 Å². The largest absolute Gasteiger partial charge is 0.339 e. The zero-order valence-corrected chi connectivity index (χ0v) is 15.5. The lowest BCUT2D eigenvalue weighted by Crippen LogP contribution is -2.50. The van der Waals surface area contributed by atoms with Crippen LogP contribution in [0.3, 0.4) is 0 Å². The van der Waals surface area contributed by atoms with Crippen LogP contribution in [0.15, 0.2) is 4.52 Å². The summed E-state index contributed by atoms with van der Waals surface area (Å²) < 4.78 is 5.28. The number of hydrogen-bond acceptors (Lipinski definition) is 6. The van der Waals surface area contributed by atoms with Crippen molar-refractivity contribution in [1.82, 2.24) is 25.3 Å². The molecule has 8 heteroatoms. The summed E-state index contributed by atoms with van der Waals surface area (Å²) >= 11 is 0. The highest BCUT2D eigenvalue weighted by atomic mass is 16.5. The van der Waals surface area contributed by atoms with E-state index in [2.05, 4.69) is 27.3 Å². The third-order valence-corrected chi connectivity index (χ3v) is 6.20. The highest BCUT2D eigenvalue weighted by Crippen LogP contribution is 2.36. The van der Waals surface area contributed by atoms with Crippen LogP contribution >= 0.6 is 0 Å². The Bertz CT molecular complexity index is 687. The molecule has 8 nitrogen and oxygen atoms in total. The summed E-state index contributed by atoms with van der Waals surface area (Å²) in [5.74, 6) is 2.22. The molecule has 1 aromatic heterocycles. The predicted molar refractivity (Wildman–Crippen MR) is 93.2 cm³/mol. The first-order valence-electron chi connectivity index (χ1n) is 9.63. The number of carbonyl (C=O) groups is 2. The Kier molecular flexibility index (Phi) is 4.46. The number of hydrogen-bond donors (Lipinski definition) is 1. The van der Waals surface area contributed by atoms with Gasteiger partial charge in [-0.1, -0.05) is 12.1 Å². The van der Waals surface area contributed by atoms with Gasteiger partial charge in [0.2, 0.25) is 5.89 Å². The second-order valence-electron chi connectivity index (χ2n) is 8.14. The van der Waals surface area contributed by atoms with Crippen molar-refractivity contribution in [2.24, 2.45) is 5.92 Å². The molecule has 0 unspecified atom stereocenters. The fourth-order valence-electron chi connectivity index (χ4n) is 4.40. The lowest BCUT2D eigenvalue weighted by molar-refractivity contribution is -0.134. The molecule has 0 bridgehead atoms. The minimum atomic E-state index is -0.650. The van der Waals surface area contributed by atoms with E-state index >= 15 is 0 Å². The van der Waals surface area contributed by atoms with Crippen molar-refractivity contribution in [1.29, 1.82) is 0 Å². The molecule has 0 aromatic carbocycles. The number of nitrogens with one attached hydrogen (secondary N) is 1. The molecule has 0 radical (unpaired) electrons. The number of aromatic nitrogens is 2. The molecule has 1 spiro atoms. The molecular formula is C18H27N5O3. The summed E-state index contributed by atoms with van der Waals surface area (Å²) in [6.07, 6.45) is 5.30. The topological polar surface area (TPSA) is 91.6 Å². The quantitative estimate of drug-likeness (QED) is 0.828. The van der Waals surface area contributed by atoms with E-state index in [-0.39, 0.29) is 17.9 Å². The maximum Gasteiger partial charge on any atom is 0.326 e. The van der Waals surface area contributed by atoms with Crippen LogP contribution in [0.5, 0.6) is 0 Å². The molecule has 3 aliphatic rings. The molecule has 4 rings (SSSR count). The van der Waals surface area contributed by atoms with Crippen LogP contribution in [-0.4, -0.2) is 57.2 Å². The SMILES string of the molecule is Cc1noc(C2CCN(CN3C(=O)NC4(CCC(C)CC4)C3=O)CC2)n1. The molecule has 2 saturated heterocycles.